The maximum atomic E-state index is 8.88. The molecule has 1 unspecified atom stereocenters. The number of nitrogens with zero attached hydrogens (tertiary/aromatic N) is 4. The van der Waals surface area contributed by atoms with Gasteiger partial charge in [0.1, 0.15) is 17.3 Å². The normalized spacial score (nSPS) is 20.1. The Kier molecular flexibility index (Phi) is 3.77. The van der Waals surface area contributed by atoms with Crippen molar-refractivity contribution in [3.63, 3.8) is 0 Å². The van der Waals surface area contributed by atoms with Crippen LogP contribution in [0.2, 0.25) is 5.15 Å². The van der Waals surface area contributed by atoms with Crippen molar-refractivity contribution in [1.82, 2.24) is 9.97 Å². The molecule has 1 saturated heterocycles. The number of ether oxygens (including phenoxy) is 1. The molecule has 2 heterocycles. The van der Waals surface area contributed by atoms with Crippen LogP contribution in [0.15, 0.2) is 6.33 Å². The van der Waals surface area contributed by atoms with Gasteiger partial charge in [0.2, 0.25) is 0 Å². The summed E-state index contributed by atoms with van der Waals surface area (Å²) < 4.78 is 5.30. The highest BCUT2D eigenvalue weighted by Crippen LogP contribution is 2.25. The number of hydrogen-bond acceptors (Lipinski definition) is 5. The Balaban J connectivity index is 2.28. The minimum Gasteiger partial charge on any atom is -0.360 e. The lowest BCUT2D eigenvalue weighted by atomic mass is 10.2. The molecule has 1 fully saturated rings. The number of hydrogen-bond donors (Lipinski definition) is 0. The lowest BCUT2D eigenvalue weighted by Gasteiger charge is -2.31. The van der Waals surface area contributed by atoms with E-state index in [4.69, 9.17) is 21.6 Å². The van der Waals surface area contributed by atoms with Gasteiger partial charge in [-0.15, -0.1) is 0 Å². The van der Waals surface area contributed by atoms with E-state index in [0.717, 1.165) is 24.3 Å². The lowest BCUT2D eigenvalue weighted by molar-refractivity contribution is 0.0761. The van der Waals surface area contributed by atoms with Gasteiger partial charge in [-0.3, -0.25) is 0 Å². The van der Waals surface area contributed by atoms with Crippen LogP contribution in [-0.4, -0.2) is 35.8 Å². The first-order valence-electron chi connectivity index (χ1n) is 5.51. The van der Waals surface area contributed by atoms with E-state index in [0.29, 0.717) is 18.3 Å². The average Bonchev–Trinajstić information content (AvgIpc) is 2.38. The molecule has 0 saturated carbocycles. The topological polar surface area (TPSA) is 62.0 Å². The summed E-state index contributed by atoms with van der Waals surface area (Å²) in [4.78, 5) is 10.3. The van der Waals surface area contributed by atoms with Crippen LogP contribution in [0.4, 0.5) is 5.82 Å². The third-order valence-electron chi connectivity index (χ3n) is 2.73. The zero-order chi connectivity index (χ0) is 12.3. The fourth-order valence-electron chi connectivity index (χ4n) is 1.88. The Morgan fingerprint density at radius 1 is 1.65 bits per heavy atom. The van der Waals surface area contributed by atoms with Crippen LogP contribution in [0, 0.1) is 11.3 Å². The van der Waals surface area contributed by atoms with E-state index >= 15 is 0 Å². The number of nitriles is 1. The van der Waals surface area contributed by atoms with Crippen LogP contribution in [0.5, 0.6) is 0 Å². The summed E-state index contributed by atoms with van der Waals surface area (Å²) in [5.41, 5.74) is 0.924. The van der Waals surface area contributed by atoms with E-state index in [9.17, 15) is 0 Å². The van der Waals surface area contributed by atoms with Crippen LogP contribution >= 0.6 is 11.6 Å². The highest BCUT2D eigenvalue weighted by molar-refractivity contribution is 6.30. The molecule has 0 bridgehead atoms. The van der Waals surface area contributed by atoms with Gasteiger partial charge in [-0.2, -0.15) is 5.26 Å². The highest BCUT2D eigenvalue weighted by Gasteiger charge is 2.23. The summed E-state index contributed by atoms with van der Waals surface area (Å²) in [6.07, 6.45) is 1.82. The van der Waals surface area contributed by atoms with E-state index in [1.54, 1.807) is 0 Å². The Bertz CT molecular complexity index is 446. The fourth-order valence-corrected chi connectivity index (χ4v) is 2.14. The van der Waals surface area contributed by atoms with E-state index in [2.05, 4.69) is 16.0 Å². The number of anilines is 1. The molecule has 0 radical (unpaired) electrons. The van der Waals surface area contributed by atoms with Gasteiger partial charge in [0.15, 0.2) is 6.10 Å². The van der Waals surface area contributed by atoms with Gasteiger partial charge < -0.3 is 9.64 Å². The predicted octanol–water partition coefficient (Wildman–Crippen LogP) is 1.42. The van der Waals surface area contributed by atoms with E-state index in [1.165, 1.54) is 6.33 Å². The van der Waals surface area contributed by atoms with Crippen molar-refractivity contribution in [3.05, 3.63) is 17.0 Å². The van der Waals surface area contributed by atoms with Crippen molar-refractivity contribution in [2.24, 2.45) is 0 Å². The third-order valence-corrected chi connectivity index (χ3v) is 3.06. The minimum absolute atomic E-state index is 0.401. The summed E-state index contributed by atoms with van der Waals surface area (Å²) in [6, 6.07) is 2.12. The summed E-state index contributed by atoms with van der Waals surface area (Å²) in [6.45, 7) is 3.79. The first kappa shape index (κ1) is 12.1. The second-order valence-electron chi connectivity index (χ2n) is 3.75. The van der Waals surface area contributed by atoms with Crippen LogP contribution in [0.25, 0.3) is 0 Å². The van der Waals surface area contributed by atoms with Crippen molar-refractivity contribution in [2.75, 3.05) is 24.6 Å². The van der Waals surface area contributed by atoms with Gasteiger partial charge in [-0.05, 0) is 6.42 Å². The third kappa shape index (κ3) is 2.48. The van der Waals surface area contributed by atoms with Gasteiger partial charge in [0.05, 0.1) is 19.2 Å². The van der Waals surface area contributed by atoms with Gasteiger partial charge in [-0.25, -0.2) is 9.97 Å². The smallest absolute Gasteiger partial charge is 0.161 e. The molecule has 1 atom stereocenters. The number of morpholine rings is 1. The first-order valence-corrected chi connectivity index (χ1v) is 5.89. The molecule has 1 aliphatic heterocycles. The molecular formula is C11H13ClN4O. The van der Waals surface area contributed by atoms with E-state index in [1.807, 2.05) is 11.8 Å². The minimum atomic E-state index is -0.401. The lowest BCUT2D eigenvalue weighted by Crippen LogP contribution is -2.42. The maximum Gasteiger partial charge on any atom is 0.161 e. The largest absolute Gasteiger partial charge is 0.360 e. The molecule has 0 N–H and O–H groups in total. The number of rotatable bonds is 2. The molecule has 0 spiro atoms. The van der Waals surface area contributed by atoms with Gasteiger partial charge in [0, 0.05) is 12.1 Å². The molecule has 0 aromatic carbocycles. The van der Waals surface area contributed by atoms with Crippen molar-refractivity contribution in [2.45, 2.75) is 19.4 Å². The Morgan fingerprint density at radius 2 is 2.47 bits per heavy atom. The fraction of sp³-hybridized carbons (Fsp3) is 0.545. The Hall–Kier alpha value is -1.38. The van der Waals surface area contributed by atoms with Crippen LogP contribution < -0.4 is 4.90 Å². The quantitative estimate of drug-likeness (QED) is 0.745. The predicted molar refractivity (Wildman–Crippen MR) is 64.0 cm³/mol. The average molecular weight is 253 g/mol. The SMILES string of the molecule is CCc1c(Cl)ncnc1N1CCOC(C#N)C1. The second kappa shape index (κ2) is 5.30. The highest BCUT2D eigenvalue weighted by atomic mass is 35.5. The van der Waals surface area contributed by atoms with Crippen LogP contribution in [-0.2, 0) is 11.2 Å². The van der Waals surface area contributed by atoms with Gasteiger partial charge in [0.25, 0.3) is 0 Å². The molecule has 17 heavy (non-hydrogen) atoms. The zero-order valence-electron chi connectivity index (χ0n) is 9.56. The number of halogens is 1. The van der Waals surface area contributed by atoms with Crippen molar-refractivity contribution in [3.8, 4) is 6.07 Å². The molecule has 2 rings (SSSR count). The summed E-state index contributed by atoms with van der Waals surface area (Å²) in [7, 11) is 0. The molecule has 0 aliphatic carbocycles. The molecule has 1 aliphatic rings. The molecule has 90 valence electrons. The summed E-state index contributed by atoms with van der Waals surface area (Å²) in [5.74, 6) is 0.816. The van der Waals surface area contributed by atoms with Crippen molar-refractivity contribution >= 4 is 17.4 Å². The maximum absolute atomic E-state index is 8.88. The molecule has 1 aromatic heterocycles. The van der Waals surface area contributed by atoms with Crippen LogP contribution in [0.1, 0.15) is 12.5 Å². The molecule has 0 amide bonds. The molecular weight excluding hydrogens is 240 g/mol. The first-order chi connectivity index (χ1) is 8.26. The standard InChI is InChI=1S/C11H13ClN4O/c1-2-9-10(12)14-7-15-11(9)16-3-4-17-8(5-13)6-16/h7-8H,2-4,6H2,1H3. The van der Waals surface area contributed by atoms with Crippen LogP contribution in [0.3, 0.4) is 0 Å². The van der Waals surface area contributed by atoms with Gasteiger partial charge >= 0.3 is 0 Å². The van der Waals surface area contributed by atoms with E-state index < -0.39 is 6.10 Å². The van der Waals surface area contributed by atoms with Gasteiger partial charge in [-0.1, -0.05) is 18.5 Å². The second-order valence-corrected chi connectivity index (χ2v) is 4.11. The molecule has 1 aromatic rings. The number of aromatic nitrogens is 2. The van der Waals surface area contributed by atoms with Crippen molar-refractivity contribution < 1.29 is 4.74 Å². The van der Waals surface area contributed by atoms with Crippen molar-refractivity contribution in [1.29, 1.82) is 5.26 Å². The monoisotopic (exact) mass is 252 g/mol. The summed E-state index contributed by atoms with van der Waals surface area (Å²) in [5, 5.41) is 9.36. The van der Waals surface area contributed by atoms with E-state index in [-0.39, 0.29) is 0 Å². The Morgan fingerprint density at radius 3 is 3.18 bits per heavy atom. The zero-order valence-corrected chi connectivity index (χ0v) is 10.3. The summed E-state index contributed by atoms with van der Waals surface area (Å²) >= 11 is 6.04. The Labute approximate surface area is 105 Å². The molecule has 6 heteroatoms. The molecule has 5 nitrogen and oxygen atoms in total.